The highest BCUT2D eigenvalue weighted by molar-refractivity contribution is 5.94. The molecule has 3 aromatic rings. The Bertz CT molecular complexity index is 964. The molecule has 0 bridgehead atoms. The molecule has 1 N–H and O–H groups in total. The van der Waals surface area contributed by atoms with E-state index in [1.54, 1.807) is 55.7 Å². The molecular formula is C19H15FN4O2. The first-order valence-corrected chi connectivity index (χ1v) is 7.82. The minimum Gasteiger partial charge on any atom is -0.481 e. The number of imidazole rings is 1. The molecule has 0 spiro atoms. The van der Waals surface area contributed by atoms with Crippen molar-refractivity contribution in [3.8, 4) is 17.5 Å². The number of halogens is 1. The van der Waals surface area contributed by atoms with Gasteiger partial charge in [-0.05, 0) is 43.3 Å². The fourth-order valence-corrected chi connectivity index (χ4v) is 2.34. The van der Waals surface area contributed by atoms with Gasteiger partial charge in [0, 0.05) is 18.1 Å². The van der Waals surface area contributed by atoms with Crippen LogP contribution in [0, 0.1) is 17.1 Å². The number of amides is 1. The normalized spacial score (nSPS) is 11.4. The van der Waals surface area contributed by atoms with Crippen molar-refractivity contribution in [2.24, 2.45) is 0 Å². The Labute approximate surface area is 149 Å². The number of hydrogen-bond donors (Lipinski definition) is 1. The quantitative estimate of drug-likeness (QED) is 0.766. The van der Waals surface area contributed by atoms with Crippen molar-refractivity contribution < 1.29 is 13.9 Å². The molecule has 26 heavy (non-hydrogen) atoms. The van der Waals surface area contributed by atoms with Crippen LogP contribution in [0.2, 0.25) is 0 Å². The molecule has 0 aliphatic rings. The van der Waals surface area contributed by atoms with Crippen LogP contribution in [0.25, 0.3) is 5.69 Å². The molecule has 1 atom stereocenters. The molecule has 0 saturated heterocycles. The molecule has 6 nitrogen and oxygen atoms in total. The van der Waals surface area contributed by atoms with Crippen molar-refractivity contribution in [3.63, 3.8) is 0 Å². The van der Waals surface area contributed by atoms with Crippen LogP contribution in [-0.2, 0) is 4.79 Å². The molecule has 7 heteroatoms. The Balaban J connectivity index is 1.67. The minimum absolute atomic E-state index is 0.317. The van der Waals surface area contributed by atoms with Gasteiger partial charge in [-0.15, -0.1) is 0 Å². The third-order valence-corrected chi connectivity index (χ3v) is 3.64. The van der Waals surface area contributed by atoms with Crippen LogP contribution in [-0.4, -0.2) is 21.6 Å². The molecule has 1 aromatic heterocycles. The molecular weight excluding hydrogens is 335 g/mol. The van der Waals surface area contributed by atoms with E-state index in [-0.39, 0.29) is 0 Å². The number of aromatic nitrogens is 2. The summed E-state index contributed by atoms with van der Waals surface area (Å²) in [5.74, 6) is -0.508. The lowest BCUT2D eigenvalue weighted by atomic mass is 10.2. The fraction of sp³-hybridized carbons (Fsp3) is 0.105. The van der Waals surface area contributed by atoms with Crippen LogP contribution in [0.4, 0.5) is 10.1 Å². The van der Waals surface area contributed by atoms with Crippen LogP contribution in [0.5, 0.6) is 5.75 Å². The van der Waals surface area contributed by atoms with Gasteiger partial charge < -0.3 is 14.6 Å². The smallest absolute Gasteiger partial charge is 0.265 e. The number of nitrogens with one attached hydrogen (secondary N) is 1. The molecule has 0 saturated carbocycles. The van der Waals surface area contributed by atoms with Crippen molar-refractivity contribution >= 4 is 11.6 Å². The predicted molar refractivity (Wildman–Crippen MR) is 93.4 cm³/mol. The zero-order chi connectivity index (χ0) is 18.5. The van der Waals surface area contributed by atoms with Gasteiger partial charge in [-0.25, -0.2) is 9.37 Å². The van der Waals surface area contributed by atoms with E-state index in [4.69, 9.17) is 10.00 Å². The number of rotatable bonds is 5. The van der Waals surface area contributed by atoms with Crippen LogP contribution < -0.4 is 10.1 Å². The summed E-state index contributed by atoms with van der Waals surface area (Å²) in [4.78, 5) is 16.1. The Morgan fingerprint density at radius 3 is 2.88 bits per heavy atom. The summed E-state index contributed by atoms with van der Waals surface area (Å²) in [5.41, 5.74) is 1.09. The highest BCUT2D eigenvalue weighted by atomic mass is 19.1. The summed E-state index contributed by atoms with van der Waals surface area (Å²) >= 11 is 0. The fourth-order valence-electron chi connectivity index (χ4n) is 2.34. The topological polar surface area (TPSA) is 79.9 Å². The second kappa shape index (κ2) is 7.49. The van der Waals surface area contributed by atoms with E-state index in [2.05, 4.69) is 10.3 Å². The molecule has 3 rings (SSSR count). The molecule has 1 heterocycles. The van der Waals surface area contributed by atoms with Crippen LogP contribution in [0.1, 0.15) is 12.5 Å². The molecule has 0 radical (unpaired) electrons. The Morgan fingerprint density at radius 1 is 1.35 bits per heavy atom. The Kier molecular flexibility index (Phi) is 4.94. The van der Waals surface area contributed by atoms with Gasteiger partial charge in [-0.2, -0.15) is 5.26 Å². The van der Waals surface area contributed by atoms with Gasteiger partial charge in [0.05, 0.1) is 23.6 Å². The van der Waals surface area contributed by atoms with Gasteiger partial charge in [0.25, 0.3) is 5.91 Å². The summed E-state index contributed by atoms with van der Waals surface area (Å²) in [6.45, 7) is 1.57. The number of ether oxygens (including phenoxy) is 1. The number of hydrogen-bond acceptors (Lipinski definition) is 4. The van der Waals surface area contributed by atoms with Crippen molar-refractivity contribution in [2.75, 3.05) is 5.32 Å². The lowest BCUT2D eigenvalue weighted by Gasteiger charge is -2.15. The van der Waals surface area contributed by atoms with E-state index in [0.29, 0.717) is 22.7 Å². The van der Waals surface area contributed by atoms with E-state index in [1.165, 1.54) is 17.0 Å². The number of carbonyl (C=O) groups excluding carboxylic acids is 1. The first kappa shape index (κ1) is 17.2. The maximum Gasteiger partial charge on any atom is 0.265 e. The molecule has 2 aromatic carbocycles. The highest BCUT2D eigenvalue weighted by Crippen LogP contribution is 2.19. The van der Waals surface area contributed by atoms with Crippen LogP contribution in [0.3, 0.4) is 0 Å². The predicted octanol–water partition coefficient (Wildman–Crippen LogP) is 3.29. The maximum atomic E-state index is 14.2. The van der Waals surface area contributed by atoms with Gasteiger partial charge in [-0.3, -0.25) is 4.79 Å². The molecule has 0 fully saturated rings. The zero-order valence-corrected chi connectivity index (χ0v) is 13.9. The van der Waals surface area contributed by atoms with Crippen LogP contribution in [0.15, 0.2) is 61.2 Å². The van der Waals surface area contributed by atoms with Crippen molar-refractivity contribution in [3.05, 3.63) is 72.6 Å². The Morgan fingerprint density at radius 2 is 2.19 bits per heavy atom. The largest absolute Gasteiger partial charge is 0.481 e. The maximum absolute atomic E-state index is 14.2. The number of anilines is 1. The number of carbonyl (C=O) groups is 1. The standard InChI is InChI=1S/C19H15FN4O2/c1-13(26-16-4-2-3-14(9-16)11-21)19(25)23-15-5-6-18(17(20)10-15)24-8-7-22-12-24/h2-10,12-13H,1H3,(H,23,25). The van der Waals surface area contributed by atoms with Gasteiger partial charge in [-0.1, -0.05) is 6.07 Å². The minimum atomic E-state index is -0.819. The Hall–Kier alpha value is -3.66. The summed E-state index contributed by atoms with van der Waals surface area (Å²) in [6.07, 6.45) is 3.85. The van der Waals surface area contributed by atoms with Gasteiger partial charge in [0.15, 0.2) is 6.10 Å². The van der Waals surface area contributed by atoms with Crippen LogP contribution >= 0.6 is 0 Å². The number of nitriles is 1. The lowest BCUT2D eigenvalue weighted by molar-refractivity contribution is -0.122. The molecule has 130 valence electrons. The van der Waals surface area contributed by atoms with Gasteiger partial charge in [0.1, 0.15) is 11.6 Å². The van der Waals surface area contributed by atoms with E-state index >= 15 is 0 Å². The average Bonchev–Trinajstić information content (AvgIpc) is 3.16. The third-order valence-electron chi connectivity index (χ3n) is 3.64. The molecule has 0 aliphatic heterocycles. The van der Waals surface area contributed by atoms with E-state index in [9.17, 15) is 9.18 Å². The number of nitrogens with zero attached hydrogens (tertiary/aromatic N) is 3. The molecule has 1 unspecified atom stereocenters. The second-order valence-electron chi connectivity index (χ2n) is 5.53. The van der Waals surface area contributed by atoms with E-state index in [1.807, 2.05) is 6.07 Å². The van der Waals surface area contributed by atoms with Crippen molar-refractivity contribution in [2.45, 2.75) is 13.0 Å². The van der Waals surface area contributed by atoms with Gasteiger partial charge in [0.2, 0.25) is 0 Å². The summed E-state index contributed by atoms with van der Waals surface area (Å²) in [7, 11) is 0. The summed E-state index contributed by atoms with van der Waals surface area (Å²) < 4.78 is 21.3. The van der Waals surface area contributed by atoms with E-state index < -0.39 is 17.8 Å². The van der Waals surface area contributed by atoms with Crippen molar-refractivity contribution in [1.29, 1.82) is 5.26 Å². The summed E-state index contributed by atoms with van der Waals surface area (Å²) in [6, 6.07) is 12.9. The molecule has 0 aliphatic carbocycles. The average molecular weight is 350 g/mol. The SMILES string of the molecule is CC(Oc1cccc(C#N)c1)C(=O)Nc1ccc(-n2ccnc2)c(F)c1. The molecule has 1 amide bonds. The third kappa shape index (κ3) is 3.87. The van der Waals surface area contributed by atoms with E-state index in [0.717, 1.165) is 0 Å². The summed E-state index contributed by atoms with van der Waals surface area (Å²) in [5, 5.41) is 11.5. The lowest BCUT2D eigenvalue weighted by Crippen LogP contribution is -2.30. The number of benzene rings is 2. The van der Waals surface area contributed by atoms with Crippen molar-refractivity contribution in [1.82, 2.24) is 9.55 Å². The monoisotopic (exact) mass is 350 g/mol. The van der Waals surface area contributed by atoms with Gasteiger partial charge >= 0.3 is 0 Å². The first-order valence-electron chi connectivity index (χ1n) is 7.82. The highest BCUT2D eigenvalue weighted by Gasteiger charge is 2.16. The second-order valence-corrected chi connectivity index (χ2v) is 5.53. The first-order chi connectivity index (χ1) is 12.6. The zero-order valence-electron chi connectivity index (χ0n) is 13.9.